The maximum Gasteiger partial charge on any atom is 0.293 e. The molecule has 1 aromatic heterocycles. The van der Waals surface area contributed by atoms with Gasteiger partial charge in [0.25, 0.3) is 11.6 Å². The molecule has 1 heterocycles. The quantitative estimate of drug-likeness (QED) is 0.526. The standard InChI is InChI=1S/C14H13N3O3/c1-11(16-8-3-2-4-9-16)14(18)15-12-6-5-7-13(10-12)17(19)20/h2-11H,1H3/p+1/t11-/m0/s1. The Hall–Kier alpha value is -2.76. The zero-order valence-electron chi connectivity index (χ0n) is 10.9. The molecule has 1 N–H and O–H groups in total. The molecule has 102 valence electrons. The Kier molecular flexibility index (Phi) is 4.05. The molecule has 0 fully saturated rings. The lowest BCUT2D eigenvalue weighted by Crippen LogP contribution is -2.43. The highest BCUT2D eigenvalue weighted by atomic mass is 16.6. The highest BCUT2D eigenvalue weighted by Crippen LogP contribution is 2.17. The Morgan fingerprint density at radius 3 is 2.60 bits per heavy atom. The van der Waals surface area contributed by atoms with Gasteiger partial charge in [0, 0.05) is 36.9 Å². The molecule has 6 nitrogen and oxygen atoms in total. The van der Waals surface area contributed by atoms with E-state index in [2.05, 4.69) is 5.32 Å². The van der Waals surface area contributed by atoms with E-state index in [1.165, 1.54) is 18.2 Å². The second kappa shape index (κ2) is 5.92. The van der Waals surface area contributed by atoms with Crippen LogP contribution in [0, 0.1) is 10.1 Å². The number of rotatable bonds is 4. The van der Waals surface area contributed by atoms with E-state index >= 15 is 0 Å². The van der Waals surface area contributed by atoms with E-state index in [4.69, 9.17) is 0 Å². The summed E-state index contributed by atoms with van der Waals surface area (Å²) in [5.74, 6) is -0.235. The van der Waals surface area contributed by atoms with Crippen molar-refractivity contribution in [3.8, 4) is 0 Å². The van der Waals surface area contributed by atoms with E-state index in [1.807, 2.05) is 18.2 Å². The molecule has 0 aliphatic rings. The van der Waals surface area contributed by atoms with Gasteiger partial charge in [0.1, 0.15) is 0 Å². The molecule has 0 bridgehead atoms. The summed E-state index contributed by atoms with van der Waals surface area (Å²) in [7, 11) is 0. The highest BCUT2D eigenvalue weighted by molar-refractivity contribution is 5.92. The zero-order valence-corrected chi connectivity index (χ0v) is 10.9. The van der Waals surface area contributed by atoms with Crippen LogP contribution < -0.4 is 9.88 Å². The number of anilines is 1. The summed E-state index contributed by atoms with van der Waals surface area (Å²) >= 11 is 0. The van der Waals surface area contributed by atoms with Crippen LogP contribution in [0.1, 0.15) is 13.0 Å². The van der Waals surface area contributed by atoms with Gasteiger partial charge in [-0.2, -0.15) is 4.57 Å². The number of hydrogen-bond donors (Lipinski definition) is 1. The molecular weight excluding hydrogens is 258 g/mol. The molecule has 2 aromatic rings. The number of nitro benzene ring substituents is 1. The Labute approximate surface area is 115 Å². The number of pyridine rings is 1. The van der Waals surface area contributed by atoms with E-state index in [0.717, 1.165) is 0 Å². The van der Waals surface area contributed by atoms with Crippen molar-refractivity contribution in [1.29, 1.82) is 0 Å². The molecule has 0 spiro atoms. The fourth-order valence-electron chi connectivity index (χ4n) is 1.75. The predicted octanol–water partition coefficient (Wildman–Crippen LogP) is 2.08. The van der Waals surface area contributed by atoms with Crippen LogP contribution in [0.25, 0.3) is 0 Å². The van der Waals surface area contributed by atoms with Crippen molar-refractivity contribution in [2.75, 3.05) is 5.32 Å². The van der Waals surface area contributed by atoms with Crippen molar-refractivity contribution in [2.45, 2.75) is 13.0 Å². The number of amides is 1. The van der Waals surface area contributed by atoms with Gasteiger partial charge in [-0.05, 0) is 6.07 Å². The summed E-state index contributed by atoms with van der Waals surface area (Å²) in [5, 5.41) is 13.4. The molecule has 1 aromatic carbocycles. The van der Waals surface area contributed by atoms with E-state index in [1.54, 1.807) is 30.0 Å². The Morgan fingerprint density at radius 1 is 1.25 bits per heavy atom. The van der Waals surface area contributed by atoms with Gasteiger partial charge in [-0.3, -0.25) is 14.9 Å². The van der Waals surface area contributed by atoms with Crippen LogP contribution in [0.5, 0.6) is 0 Å². The van der Waals surface area contributed by atoms with Crippen LogP contribution >= 0.6 is 0 Å². The van der Waals surface area contributed by atoms with Crippen molar-refractivity contribution < 1.29 is 14.3 Å². The predicted molar refractivity (Wildman–Crippen MR) is 73.1 cm³/mol. The van der Waals surface area contributed by atoms with Crippen LogP contribution in [0.3, 0.4) is 0 Å². The van der Waals surface area contributed by atoms with Gasteiger partial charge in [-0.15, -0.1) is 0 Å². The maximum atomic E-state index is 12.1. The summed E-state index contributed by atoms with van der Waals surface area (Å²) in [6.45, 7) is 1.76. The maximum absolute atomic E-state index is 12.1. The van der Waals surface area contributed by atoms with Crippen LogP contribution in [0.4, 0.5) is 11.4 Å². The number of nitrogens with one attached hydrogen (secondary N) is 1. The summed E-state index contributed by atoms with van der Waals surface area (Å²) in [4.78, 5) is 22.3. The van der Waals surface area contributed by atoms with Gasteiger partial charge >= 0.3 is 0 Å². The number of nitro groups is 1. The molecule has 0 unspecified atom stereocenters. The lowest BCUT2D eigenvalue weighted by atomic mass is 10.2. The molecule has 0 aliphatic heterocycles. The van der Waals surface area contributed by atoms with Crippen LogP contribution in [0.2, 0.25) is 0 Å². The summed E-state index contributed by atoms with van der Waals surface area (Å²) in [6.07, 6.45) is 3.58. The summed E-state index contributed by atoms with van der Waals surface area (Å²) in [6, 6.07) is 11.0. The number of carbonyl (C=O) groups excluding carboxylic acids is 1. The van der Waals surface area contributed by atoms with Gasteiger partial charge in [0.15, 0.2) is 12.4 Å². The first kappa shape index (κ1) is 13.7. The number of hydrogen-bond acceptors (Lipinski definition) is 3. The topological polar surface area (TPSA) is 76.1 Å². The molecule has 0 aliphatic carbocycles. The Balaban J connectivity index is 2.12. The van der Waals surface area contributed by atoms with Crippen molar-refractivity contribution in [1.82, 2.24) is 0 Å². The van der Waals surface area contributed by atoms with E-state index < -0.39 is 11.0 Å². The van der Waals surface area contributed by atoms with Crippen molar-refractivity contribution in [3.63, 3.8) is 0 Å². The van der Waals surface area contributed by atoms with Crippen molar-refractivity contribution in [2.24, 2.45) is 0 Å². The van der Waals surface area contributed by atoms with Crippen molar-refractivity contribution >= 4 is 17.3 Å². The number of non-ortho nitro benzene ring substituents is 1. The normalized spacial score (nSPS) is 11.7. The molecule has 1 atom stereocenters. The second-order valence-corrected chi connectivity index (χ2v) is 4.30. The molecule has 6 heteroatoms. The molecule has 20 heavy (non-hydrogen) atoms. The third kappa shape index (κ3) is 3.17. The van der Waals surface area contributed by atoms with Gasteiger partial charge in [-0.1, -0.05) is 12.1 Å². The van der Waals surface area contributed by atoms with Crippen LogP contribution in [-0.2, 0) is 4.79 Å². The number of nitrogens with zero attached hydrogens (tertiary/aromatic N) is 2. The minimum atomic E-state index is -0.495. The molecular formula is C14H14N3O3+. The lowest BCUT2D eigenvalue weighted by molar-refractivity contribution is -0.705. The monoisotopic (exact) mass is 272 g/mol. The fourth-order valence-corrected chi connectivity index (χ4v) is 1.75. The number of benzene rings is 1. The second-order valence-electron chi connectivity index (χ2n) is 4.30. The molecule has 0 saturated carbocycles. The molecule has 1 amide bonds. The summed E-state index contributed by atoms with van der Waals surface area (Å²) in [5.41, 5.74) is 0.357. The molecule has 0 saturated heterocycles. The largest absolute Gasteiger partial charge is 0.320 e. The third-order valence-corrected chi connectivity index (χ3v) is 2.89. The Morgan fingerprint density at radius 2 is 1.95 bits per heavy atom. The minimum Gasteiger partial charge on any atom is -0.320 e. The average molecular weight is 272 g/mol. The van der Waals surface area contributed by atoms with Gasteiger partial charge in [-0.25, -0.2) is 0 Å². The van der Waals surface area contributed by atoms with Crippen LogP contribution in [0.15, 0.2) is 54.9 Å². The lowest BCUT2D eigenvalue weighted by Gasteiger charge is -2.08. The minimum absolute atomic E-state index is 0.0529. The van der Waals surface area contributed by atoms with Gasteiger partial charge in [0.05, 0.1) is 4.92 Å². The van der Waals surface area contributed by atoms with Gasteiger partial charge < -0.3 is 5.32 Å². The Bertz CT molecular complexity index is 629. The fraction of sp³-hybridized carbons (Fsp3) is 0.143. The third-order valence-electron chi connectivity index (χ3n) is 2.89. The smallest absolute Gasteiger partial charge is 0.293 e. The van der Waals surface area contributed by atoms with Crippen molar-refractivity contribution in [3.05, 3.63) is 65.0 Å². The summed E-state index contributed by atoms with van der Waals surface area (Å²) < 4.78 is 1.76. The SMILES string of the molecule is C[C@@H](C(=O)Nc1cccc([N+](=O)[O-])c1)[n+]1ccccc1. The molecule has 2 rings (SSSR count). The highest BCUT2D eigenvalue weighted by Gasteiger charge is 2.21. The number of aromatic nitrogens is 1. The molecule has 0 radical (unpaired) electrons. The van der Waals surface area contributed by atoms with E-state index in [-0.39, 0.29) is 11.6 Å². The first-order chi connectivity index (χ1) is 9.58. The van der Waals surface area contributed by atoms with Gasteiger partial charge in [0.2, 0.25) is 6.04 Å². The first-order valence-corrected chi connectivity index (χ1v) is 6.09. The zero-order chi connectivity index (χ0) is 14.5. The number of carbonyl (C=O) groups is 1. The first-order valence-electron chi connectivity index (χ1n) is 6.09. The average Bonchev–Trinajstić information content (AvgIpc) is 2.47. The van der Waals surface area contributed by atoms with E-state index in [9.17, 15) is 14.9 Å². The van der Waals surface area contributed by atoms with Crippen LogP contribution in [-0.4, -0.2) is 10.8 Å². The van der Waals surface area contributed by atoms with E-state index in [0.29, 0.717) is 5.69 Å².